The molecule has 1 fully saturated rings. The Morgan fingerprint density at radius 1 is 1.12 bits per heavy atom. The molecule has 0 saturated heterocycles. The first kappa shape index (κ1) is 24.5. The van der Waals surface area contributed by atoms with Crippen LogP contribution in [-0.4, -0.2) is 64.2 Å². The zero-order valence-electron chi connectivity index (χ0n) is 19.3. The number of nitrogens with zero attached hydrogens (tertiary/aromatic N) is 4. The SMILES string of the molecule is CCCCNc1ncc2c(-c3ccc(S(=O)(=O)NCCO)cc3)nn(C3CCC(O)CC3)c2n1. The van der Waals surface area contributed by atoms with E-state index >= 15 is 0 Å². The van der Waals surface area contributed by atoms with Gasteiger partial charge in [-0.25, -0.2) is 22.8 Å². The number of fused-ring (bicyclic) bond motifs is 1. The monoisotopic (exact) mass is 488 g/mol. The maximum Gasteiger partial charge on any atom is 0.240 e. The summed E-state index contributed by atoms with van der Waals surface area (Å²) in [6, 6.07) is 6.62. The molecule has 0 radical (unpaired) electrons. The van der Waals surface area contributed by atoms with Crippen molar-refractivity contribution in [1.82, 2.24) is 24.5 Å². The van der Waals surface area contributed by atoms with Crippen LogP contribution in [0.3, 0.4) is 0 Å². The molecular weight excluding hydrogens is 456 g/mol. The number of unbranched alkanes of at least 4 members (excludes halogenated alkanes) is 1. The van der Waals surface area contributed by atoms with Gasteiger partial charge >= 0.3 is 0 Å². The molecule has 10 nitrogen and oxygen atoms in total. The number of rotatable bonds is 10. The fourth-order valence-corrected chi connectivity index (χ4v) is 5.23. The number of benzene rings is 1. The zero-order chi connectivity index (χ0) is 24.1. The van der Waals surface area contributed by atoms with Gasteiger partial charge in [-0.3, -0.25) is 0 Å². The Bertz CT molecular complexity index is 1200. The summed E-state index contributed by atoms with van der Waals surface area (Å²) in [5, 5.41) is 27.8. The molecule has 2 heterocycles. The van der Waals surface area contributed by atoms with E-state index in [2.05, 4.69) is 21.9 Å². The summed E-state index contributed by atoms with van der Waals surface area (Å²) in [6.07, 6.45) is 6.66. The van der Waals surface area contributed by atoms with Crippen LogP contribution in [0.15, 0.2) is 35.4 Å². The van der Waals surface area contributed by atoms with Crippen molar-refractivity contribution >= 4 is 27.0 Å². The highest BCUT2D eigenvalue weighted by molar-refractivity contribution is 7.89. The summed E-state index contributed by atoms with van der Waals surface area (Å²) in [5.74, 6) is 0.556. The van der Waals surface area contributed by atoms with Gasteiger partial charge in [0, 0.05) is 24.8 Å². The summed E-state index contributed by atoms with van der Waals surface area (Å²) in [6.45, 7) is 2.61. The van der Waals surface area contributed by atoms with Gasteiger partial charge in [-0.2, -0.15) is 10.1 Å². The maximum absolute atomic E-state index is 12.3. The third-order valence-electron chi connectivity index (χ3n) is 6.12. The summed E-state index contributed by atoms with van der Waals surface area (Å²) < 4.78 is 29.0. The number of aromatic nitrogens is 4. The molecule has 0 bridgehead atoms. The Morgan fingerprint density at radius 2 is 1.85 bits per heavy atom. The Morgan fingerprint density at radius 3 is 2.53 bits per heavy atom. The summed E-state index contributed by atoms with van der Waals surface area (Å²) in [7, 11) is -3.69. The first-order chi connectivity index (χ1) is 16.4. The third kappa shape index (κ3) is 5.38. The molecule has 1 aromatic carbocycles. The maximum atomic E-state index is 12.3. The largest absolute Gasteiger partial charge is 0.395 e. The van der Waals surface area contributed by atoms with Gasteiger partial charge in [-0.05, 0) is 44.2 Å². The summed E-state index contributed by atoms with van der Waals surface area (Å²) >= 11 is 0. The Hall–Kier alpha value is -2.60. The molecule has 0 atom stereocenters. The summed E-state index contributed by atoms with van der Waals surface area (Å²) in [5.41, 5.74) is 2.18. The number of aliphatic hydroxyl groups excluding tert-OH is 2. The van der Waals surface area contributed by atoms with Gasteiger partial charge in [-0.1, -0.05) is 25.5 Å². The van der Waals surface area contributed by atoms with Crippen LogP contribution >= 0.6 is 0 Å². The predicted molar refractivity (Wildman–Crippen MR) is 130 cm³/mol. The molecule has 1 saturated carbocycles. The van der Waals surface area contributed by atoms with Crippen LogP contribution < -0.4 is 10.0 Å². The fraction of sp³-hybridized carbons (Fsp3) is 0.522. The van der Waals surface area contributed by atoms with E-state index < -0.39 is 10.0 Å². The lowest BCUT2D eigenvalue weighted by Gasteiger charge is -2.25. The highest BCUT2D eigenvalue weighted by Crippen LogP contribution is 2.34. The van der Waals surface area contributed by atoms with Crippen molar-refractivity contribution in [2.24, 2.45) is 0 Å². The first-order valence-corrected chi connectivity index (χ1v) is 13.3. The molecule has 11 heteroatoms. The van der Waals surface area contributed by atoms with E-state index in [4.69, 9.17) is 15.2 Å². The van der Waals surface area contributed by atoms with Gasteiger partial charge in [0.2, 0.25) is 16.0 Å². The lowest BCUT2D eigenvalue weighted by Crippen LogP contribution is -2.26. The molecule has 34 heavy (non-hydrogen) atoms. The molecule has 0 amide bonds. The quantitative estimate of drug-likeness (QED) is 0.319. The first-order valence-electron chi connectivity index (χ1n) is 11.8. The van der Waals surface area contributed by atoms with Crippen LogP contribution in [0.25, 0.3) is 22.3 Å². The number of nitrogens with one attached hydrogen (secondary N) is 2. The van der Waals surface area contributed by atoms with E-state index in [1.165, 1.54) is 12.1 Å². The minimum Gasteiger partial charge on any atom is -0.395 e. The molecule has 4 N–H and O–H groups in total. The lowest BCUT2D eigenvalue weighted by atomic mass is 9.93. The second kappa shape index (κ2) is 10.8. The lowest BCUT2D eigenvalue weighted by molar-refractivity contribution is 0.109. The van der Waals surface area contributed by atoms with Gasteiger partial charge in [0.15, 0.2) is 5.65 Å². The number of sulfonamides is 1. The molecule has 0 aliphatic heterocycles. The topological polar surface area (TPSA) is 142 Å². The Labute approximate surface area is 199 Å². The average Bonchev–Trinajstić information content (AvgIpc) is 3.22. The second-order valence-corrected chi connectivity index (χ2v) is 10.4. The Kier molecular flexibility index (Phi) is 7.77. The van der Waals surface area contributed by atoms with Gasteiger partial charge in [0.1, 0.15) is 5.69 Å². The molecule has 0 unspecified atom stereocenters. The normalized spacial score (nSPS) is 18.9. The van der Waals surface area contributed by atoms with Crippen molar-refractivity contribution in [3.8, 4) is 11.3 Å². The van der Waals surface area contributed by atoms with Crippen molar-refractivity contribution < 1.29 is 18.6 Å². The van der Waals surface area contributed by atoms with Gasteiger partial charge in [0.25, 0.3) is 0 Å². The molecule has 3 aromatic rings. The highest BCUT2D eigenvalue weighted by atomic mass is 32.2. The smallest absolute Gasteiger partial charge is 0.240 e. The van der Waals surface area contributed by atoms with E-state index in [0.717, 1.165) is 61.7 Å². The number of hydrogen-bond donors (Lipinski definition) is 4. The molecular formula is C23H32N6O4S. The van der Waals surface area contributed by atoms with Crippen molar-refractivity contribution in [3.05, 3.63) is 30.5 Å². The van der Waals surface area contributed by atoms with Crippen LogP contribution in [0.4, 0.5) is 5.95 Å². The predicted octanol–water partition coefficient (Wildman–Crippen LogP) is 2.45. The van der Waals surface area contributed by atoms with E-state index in [-0.39, 0.29) is 30.2 Å². The average molecular weight is 489 g/mol. The van der Waals surface area contributed by atoms with Crippen LogP contribution in [-0.2, 0) is 10.0 Å². The van der Waals surface area contributed by atoms with Crippen LogP contribution in [0.5, 0.6) is 0 Å². The number of hydrogen-bond acceptors (Lipinski definition) is 8. The van der Waals surface area contributed by atoms with Gasteiger partial charge < -0.3 is 15.5 Å². The molecule has 2 aromatic heterocycles. The fourth-order valence-electron chi connectivity index (χ4n) is 4.21. The van der Waals surface area contributed by atoms with Crippen molar-refractivity contribution in [3.63, 3.8) is 0 Å². The molecule has 4 rings (SSSR count). The highest BCUT2D eigenvalue weighted by Gasteiger charge is 2.26. The third-order valence-corrected chi connectivity index (χ3v) is 7.59. The van der Waals surface area contributed by atoms with Crippen LogP contribution in [0, 0.1) is 0 Å². The molecule has 1 aliphatic carbocycles. The molecule has 184 valence electrons. The number of aliphatic hydroxyl groups is 2. The minimum absolute atomic E-state index is 0.0405. The van der Waals surface area contributed by atoms with E-state index in [0.29, 0.717) is 11.6 Å². The second-order valence-electron chi connectivity index (χ2n) is 8.61. The Balaban J connectivity index is 1.70. The summed E-state index contributed by atoms with van der Waals surface area (Å²) in [4.78, 5) is 9.36. The number of anilines is 1. The van der Waals surface area contributed by atoms with E-state index in [1.807, 2.05) is 4.68 Å². The van der Waals surface area contributed by atoms with Crippen molar-refractivity contribution in [2.45, 2.75) is 62.5 Å². The van der Waals surface area contributed by atoms with E-state index in [9.17, 15) is 13.5 Å². The van der Waals surface area contributed by atoms with Crippen molar-refractivity contribution in [2.75, 3.05) is 25.0 Å². The van der Waals surface area contributed by atoms with Crippen molar-refractivity contribution in [1.29, 1.82) is 0 Å². The minimum atomic E-state index is -3.69. The zero-order valence-corrected chi connectivity index (χ0v) is 20.1. The molecule has 0 spiro atoms. The molecule has 1 aliphatic rings. The van der Waals surface area contributed by atoms with Gasteiger partial charge in [-0.15, -0.1) is 0 Å². The standard InChI is InChI=1S/C23H32N6O4S/c1-2-3-12-24-23-25-15-20-21(16-4-10-19(11-5-16)34(32,33)26-13-14-30)28-29(22(20)27-23)17-6-8-18(31)9-7-17/h4-5,10-11,15,17-18,26,30-31H,2-3,6-9,12-14H2,1H3,(H,24,25,27). The van der Waals surface area contributed by atoms with Crippen LogP contribution in [0.2, 0.25) is 0 Å². The van der Waals surface area contributed by atoms with Gasteiger partial charge in [0.05, 0.1) is 29.0 Å². The van der Waals surface area contributed by atoms with E-state index in [1.54, 1.807) is 18.3 Å². The van der Waals surface area contributed by atoms with Crippen LogP contribution in [0.1, 0.15) is 51.5 Å².